The fraction of sp³-hybridized carbons (Fsp3) is 0.222. The molecular formula is C18H17BrN2O2. The Bertz CT molecular complexity index is 811. The van der Waals surface area contributed by atoms with Gasteiger partial charge in [-0.3, -0.25) is 4.79 Å². The Kier molecular flexibility index (Phi) is 4.76. The van der Waals surface area contributed by atoms with Gasteiger partial charge in [-0.15, -0.1) is 0 Å². The van der Waals surface area contributed by atoms with Crippen molar-refractivity contribution in [1.29, 1.82) is 0 Å². The van der Waals surface area contributed by atoms with Gasteiger partial charge in [-0.05, 0) is 43.2 Å². The zero-order valence-corrected chi connectivity index (χ0v) is 14.3. The molecule has 1 N–H and O–H groups in total. The largest absolute Gasteiger partial charge is 0.356 e. The van der Waals surface area contributed by atoms with E-state index < -0.39 is 0 Å². The van der Waals surface area contributed by atoms with E-state index >= 15 is 0 Å². The van der Waals surface area contributed by atoms with Crippen molar-refractivity contribution < 1.29 is 9.32 Å². The maximum atomic E-state index is 12.2. The van der Waals surface area contributed by atoms with Crippen LogP contribution in [-0.2, 0) is 17.6 Å². The van der Waals surface area contributed by atoms with Gasteiger partial charge in [0.2, 0.25) is 5.91 Å². The first-order valence-electron chi connectivity index (χ1n) is 7.49. The van der Waals surface area contributed by atoms with Crippen LogP contribution in [-0.4, -0.2) is 17.1 Å². The van der Waals surface area contributed by atoms with Gasteiger partial charge in [0.25, 0.3) is 0 Å². The van der Waals surface area contributed by atoms with Crippen LogP contribution in [0.5, 0.6) is 0 Å². The molecule has 3 aromatic rings. The van der Waals surface area contributed by atoms with Gasteiger partial charge in [0.1, 0.15) is 5.69 Å². The summed E-state index contributed by atoms with van der Waals surface area (Å²) in [6.45, 7) is 2.00. The highest BCUT2D eigenvalue weighted by atomic mass is 79.9. The van der Waals surface area contributed by atoms with Gasteiger partial charge in [0.15, 0.2) is 5.58 Å². The van der Waals surface area contributed by atoms with E-state index in [1.165, 1.54) is 5.56 Å². The Balaban J connectivity index is 1.59. The van der Waals surface area contributed by atoms with Gasteiger partial charge < -0.3 is 9.84 Å². The molecule has 0 saturated heterocycles. The van der Waals surface area contributed by atoms with E-state index in [4.69, 9.17) is 4.52 Å². The number of hydrogen-bond donors (Lipinski definition) is 1. The summed E-state index contributed by atoms with van der Waals surface area (Å²) >= 11 is 3.42. The number of carbonyl (C=O) groups excluding carboxylic acids is 1. The number of fused-ring (bicyclic) bond motifs is 1. The topological polar surface area (TPSA) is 55.1 Å². The number of nitrogens with one attached hydrogen (secondary N) is 1. The molecule has 1 heterocycles. The molecule has 0 aliphatic heterocycles. The molecule has 2 aromatic carbocycles. The maximum absolute atomic E-state index is 12.2. The van der Waals surface area contributed by atoms with Crippen LogP contribution in [0.25, 0.3) is 11.0 Å². The second-order valence-corrected chi connectivity index (χ2v) is 6.52. The molecule has 1 amide bonds. The number of para-hydroxylation sites is 1. The lowest BCUT2D eigenvalue weighted by atomic mass is 10.1. The van der Waals surface area contributed by atoms with Crippen molar-refractivity contribution in [3.63, 3.8) is 0 Å². The van der Waals surface area contributed by atoms with Crippen LogP contribution in [0.2, 0.25) is 0 Å². The molecule has 5 heteroatoms. The molecule has 3 rings (SSSR count). The number of aromatic nitrogens is 1. The zero-order valence-electron chi connectivity index (χ0n) is 12.8. The predicted octanol–water partition coefficient (Wildman–Crippen LogP) is 3.88. The number of benzene rings is 2. The van der Waals surface area contributed by atoms with E-state index in [-0.39, 0.29) is 18.4 Å². The molecular weight excluding hydrogens is 356 g/mol. The minimum atomic E-state index is -0.0475. The minimum absolute atomic E-state index is 0.0475. The third-order valence-corrected chi connectivity index (χ3v) is 4.17. The van der Waals surface area contributed by atoms with Crippen molar-refractivity contribution >= 4 is 32.8 Å². The van der Waals surface area contributed by atoms with E-state index in [0.717, 1.165) is 16.3 Å². The lowest BCUT2D eigenvalue weighted by Gasteiger charge is -2.13. The molecule has 0 bridgehead atoms. The number of halogens is 1. The van der Waals surface area contributed by atoms with Crippen LogP contribution in [0, 0.1) is 0 Å². The van der Waals surface area contributed by atoms with E-state index in [1.54, 1.807) is 0 Å². The van der Waals surface area contributed by atoms with E-state index in [2.05, 4.69) is 38.5 Å². The lowest BCUT2D eigenvalue weighted by molar-refractivity contribution is -0.121. The molecule has 1 unspecified atom stereocenters. The first-order valence-corrected chi connectivity index (χ1v) is 8.28. The predicted molar refractivity (Wildman–Crippen MR) is 93.2 cm³/mol. The monoisotopic (exact) mass is 372 g/mol. The Morgan fingerprint density at radius 1 is 1.22 bits per heavy atom. The Morgan fingerprint density at radius 2 is 1.96 bits per heavy atom. The number of nitrogens with zero attached hydrogens (tertiary/aromatic N) is 1. The highest BCUT2D eigenvalue weighted by Crippen LogP contribution is 2.18. The second-order valence-electron chi connectivity index (χ2n) is 5.60. The van der Waals surface area contributed by atoms with Crippen molar-refractivity contribution in [2.45, 2.75) is 25.8 Å². The highest BCUT2D eigenvalue weighted by Gasteiger charge is 2.14. The zero-order chi connectivity index (χ0) is 16.2. The minimum Gasteiger partial charge on any atom is -0.356 e. The Labute approximate surface area is 143 Å². The van der Waals surface area contributed by atoms with Crippen LogP contribution in [0.3, 0.4) is 0 Å². The third-order valence-electron chi connectivity index (χ3n) is 3.64. The summed E-state index contributed by atoms with van der Waals surface area (Å²) in [6, 6.07) is 15.7. The standard InChI is InChI=1S/C18H17BrN2O2/c1-12(10-13-6-8-14(19)9-7-13)20-18(22)11-16-15-4-2-3-5-17(15)23-21-16/h2-9,12H,10-11H2,1H3,(H,20,22). The summed E-state index contributed by atoms with van der Waals surface area (Å²) in [4.78, 5) is 12.2. The highest BCUT2D eigenvalue weighted by molar-refractivity contribution is 9.10. The number of carbonyl (C=O) groups is 1. The summed E-state index contributed by atoms with van der Waals surface area (Å²) in [5, 5.41) is 7.90. The van der Waals surface area contributed by atoms with Crippen LogP contribution in [0.15, 0.2) is 57.5 Å². The van der Waals surface area contributed by atoms with Crippen molar-refractivity contribution in [1.82, 2.24) is 10.5 Å². The average Bonchev–Trinajstić information content (AvgIpc) is 2.93. The van der Waals surface area contributed by atoms with Gasteiger partial charge in [-0.1, -0.05) is 45.4 Å². The molecule has 118 valence electrons. The van der Waals surface area contributed by atoms with E-state index in [1.807, 2.05) is 43.3 Å². The first kappa shape index (κ1) is 15.7. The van der Waals surface area contributed by atoms with Crippen LogP contribution in [0.1, 0.15) is 18.2 Å². The molecule has 0 spiro atoms. The van der Waals surface area contributed by atoms with Crippen LogP contribution < -0.4 is 5.32 Å². The Morgan fingerprint density at radius 3 is 2.74 bits per heavy atom. The SMILES string of the molecule is CC(Cc1ccc(Br)cc1)NC(=O)Cc1noc2ccccc12. The molecule has 23 heavy (non-hydrogen) atoms. The quantitative estimate of drug-likeness (QED) is 0.739. The molecule has 0 saturated carbocycles. The molecule has 1 aromatic heterocycles. The van der Waals surface area contributed by atoms with Gasteiger partial charge in [-0.2, -0.15) is 0 Å². The molecule has 0 radical (unpaired) electrons. The van der Waals surface area contributed by atoms with Crippen molar-refractivity contribution in [2.75, 3.05) is 0 Å². The fourth-order valence-electron chi connectivity index (χ4n) is 2.57. The number of rotatable bonds is 5. The molecule has 0 fully saturated rings. The summed E-state index contributed by atoms with van der Waals surface area (Å²) in [5.74, 6) is -0.0475. The lowest BCUT2D eigenvalue weighted by Crippen LogP contribution is -2.35. The fourth-order valence-corrected chi connectivity index (χ4v) is 2.83. The first-order chi connectivity index (χ1) is 11.1. The second kappa shape index (κ2) is 6.96. The normalized spacial score (nSPS) is 12.3. The summed E-state index contributed by atoms with van der Waals surface area (Å²) in [5.41, 5.74) is 2.57. The van der Waals surface area contributed by atoms with Crippen LogP contribution >= 0.6 is 15.9 Å². The van der Waals surface area contributed by atoms with Crippen molar-refractivity contribution in [3.05, 3.63) is 64.3 Å². The van der Waals surface area contributed by atoms with Crippen LogP contribution in [0.4, 0.5) is 0 Å². The average molecular weight is 373 g/mol. The molecule has 1 atom stereocenters. The van der Waals surface area contributed by atoms with Gasteiger partial charge in [0, 0.05) is 15.9 Å². The van der Waals surface area contributed by atoms with Gasteiger partial charge >= 0.3 is 0 Å². The van der Waals surface area contributed by atoms with Gasteiger partial charge in [0.05, 0.1) is 6.42 Å². The van der Waals surface area contributed by atoms with Crippen molar-refractivity contribution in [2.24, 2.45) is 0 Å². The molecule has 0 aliphatic rings. The number of amides is 1. The molecule has 0 aliphatic carbocycles. The summed E-state index contributed by atoms with van der Waals surface area (Å²) in [7, 11) is 0. The third kappa shape index (κ3) is 3.99. The van der Waals surface area contributed by atoms with Crippen molar-refractivity contribution in [3.8, 4) is 0 Å². The van der Waals surface area contributed by atoms with E-state index in [0.29, 0.717) is 11.3 Å². The smallest absolute Gasteiger partial charge is 0.226 e. The summed E-state index contributed by atoms with van der Waals surface area (Å²) < 4.78 is 6.28. The van der Waals surface area contributed by atoms with Gasteiger partial charge in [-0.25, -0.2) is 0 Å². The number of hydrogen-bond acceptors (Lipinski definition) is 3. The van der Waals surface area contributed by atoms with E-state index in [9.17, 15) is 4.79 Å². The summed E-state index contributed by atoms with van der Waals surface area (Å²) in [6.07, 6.45) is 1.01. The maximum Gasteiger partial charge on any atom is 0.226 e. The molecule has 4 nitrogen and oxygen atoms in total. The Hall–Kier alpha value is -2.14.